The third kappa shape index (κ3) is 2.79. The van der Waals surface area contributed by atoms with Crippen molar-refractivity contribution in [3.8, 4) is 0 Å². The van der Waals surface area contributed by atoms with Gasteiger partial charge in [-0.15, -0.1) is 0 Å². The van der Waals surface area contributed by atoms with Crippen molar-refractivity contribution >= 4 is 15.7 Å². The first-order chi connectivity index (χ1) is 9.36. The number of benzene rings is 1. The lowest BCUT2D eigenvalue weighted by Gasteiger charge is -2.31. The van der Waals surface area contributed by atoms with Crippen LogP contribution in [0.4, 0.5) is 10.1 Å². The fraction of sp³-hybridized carbons (Fsp3) is 0.538. The summed E-state index contributed by atoms with van der Waals surface area (Å²) in [4.78, 5) is -0.364. The highest BCUT2D eigenvalue weighted by Crippen LogP contribution is 2.26. The van der Waals surface area contributed by atoms with Gasteiger partial charge in [0.05, 0.1) is 12.7 Å². The predicted octanol–water partition coefficient (Wildman–Crippen LogP) is 1.52. The van der Waals surface area contributed by atoms with Crippen LogP contribution in [-0.4, -0.2) is 38.5 Å². The normalized spacial score (nSPS) is 21.1. The third-order valence-electron chi connectivity index (χ3n) is 3.50. The Bertz CT molecular complexity index is 604. The van der Waals surface area contributed by atoms with Gasteiger partial charge in [0, 0.05) is 18.8 Å². The van der Waals surface area contributed by atoms with Crippen LogP contribution in [0.2, 0.25) is 0 Å². The predicted molar refractivity (Wildman–Crippen MR) is 74.3 cm³/mol. The molecule has 0 aliphatic carbocycles. The number of anilines is 1. The number of ether oxygens (including phenoxy) is 1. The van der Waals surface area contributed by atoms with E-state index in [0.29, 0.717) is 18.6 Å². The number of aryl methyl sites for hydroxylation is 1. The van der Waals surface area contributed by atoms with E-state index in [0.717, 1.165) is 6.07 Å². The molecule has 0 spiro atoms. The number of sulfonamides is 1. The molecule has 1 aromatic rings. The maximum absolute atomic E-state index is 14.0. The van der Waals surface area contributed by atoms with E-state index in [2.05, 4.69) is 0 Å². The Morgan fingerprint density at radius 2 is 2.20 bits per heavy atom. The summed E-state index contributed by atoms with van der Waals surface area (Å²) in [5, 5.41) is 0. The third-order valence-corrected chi connectivity index (χ3v) is 5.38. The Morgan fingerprint density at radius 3 is 2.85 bits per heavy atom. The highest BCUT2D eigenvalue weighted by atomic mass is 32.2. The molecule has 7 heteroatoms. The first-order valence-corrected chi connectivity index (χ1v) is 7.97. The van der Waals surface area contributed by atoms with Gasteiger partial charge in [-0.05, 0) is 31.0 Å². The summed E-state index contributed by atoms with van der Waals surface area (Å²) < 4.78 is 45.7. The molecule has 2 N–H and O–H groups in total. The Labute approximate surface area is 118 Å². The zero-order valence-electron chi connectivity index (χ0n) is 11.6. The summed E-state index contributed by atoms with van der Waals surface area (Å²) in [6.45, 7) is 4.35. The van der Waals surface area contributed by atoms with Gasteiger partial charge in [0.25, 0.3) is 0 Å². The fourth-order valence-corrected chi connectivity index (χ4v) is 3.70. The number of morpholine rings is 1. The first kappa shape index (κ1) is 15.2. The van der Waals surface area contributed by atoms with Crippen LogP contribution in [0.15, 0.2) is 17.0 Å². The van der Waals surface area contributed by atoms with Crippen LogP contribution in [0, 0.1) is 12.7 Å². The second kappa shape index (κ2) is 5.67. The van der Waals surface area contributed by atoms with E-state index < -0.39 is 15.8 Å². The molecule has 1 aliphatic heterocycles. The molecule has 1 saturated heterocycles. The van der Waals surface area contributed by atoms with Crippen LogP contribution < -0.4 is 5.73 Å². The minimum absolute atomic E-state index is 0.149. The molecule has 0 amide bonds. The first-order valence-electron chi connectivity index (χ1n) is 6.53. The van der Waals surface area contributed by atoms with E-state index in [1.165, 1.54) is 10.4 Å². The molecule has 112 valence electrons. The van der Waals surface area contributed by atoms with Crippen LogP contribution in [0.3, 0.4) is 0 Å². The average molecular weight is 302 g/mol. The Kier molecular flexibility index (Phi) is 4.31. The van der Waals surface area contributed by atoms with Crippen LogP contribution in [-0.2, 0) is 14.8 Å². The molecule has 0 saturated carbocycles. The minimum atomic E-state index is -3.88. The molecule has 0 aromatic heterocycles. The van der Waals surface area contributed by atoms with E-state index in [9.17, 15) is 12.8 Å². The molecule has 20 heavy (non-hydrogen) atoms. The van der Waals surface area contributed by atoms with Crippen molar-refractivity contribution in [3.05, 3.63) is 23.5 Å². The van der Waals surface area contributed by atoms with Crippen LogP contribution >= 0.6 is 0 Å². The summed E-state index contributed by atoms with van der Waals surface area (Å²) in [6.07, 6.45) is 0.564. The van der Waals surface area contributed by atoms with E-state index in [1.807, 2.05) is 6.92 Å². The highest BCUT2D eigenvalue weighted by molar-refractivity contribution is 7.89. The summed E-state index contributed by atoms with van der Waals surface area (Å²) in [5.74, 6) is -0.767. The summed E-state index contributed by atoms with van der Waals surface area (Å²) in [5.41, 5.74) is 6.49. The smallest absolute Gasteiger partial charge is 0.246 e. The molecule has 0 radical (unpaired) electrons. The maximum Gasteiger partial charge on any atom is 0.246 e. The van der Waals surface area contributed by atoms with Gasteiger partial charge < -0.3 is 10.5 Å². The van der Waals surface area contributed by atoms with Gasteiger partial charge in [-0.25, -0.2) is 12.8 Å². The van der Waals surface area contributed by atoms with Crippen molar-refractivity contribution in [2.75, 3.05) is 25.4 Å². The van der Waals surface area contributed by atoms with E-state index in [4.69, 9.17) is 10.5 Å². The lowest BCUT2D eigenvalue weighted by atomic mass is 10.2. The number of halogens is 1. The topological polar surface area (TPSA) is 72.6 Å². The summed E-state index contributed by atoms with van der Waals surface area (Å²) in [7, 11) is -3.88. The number of hydrogen-bond donors (Lipinski definition) is 1. The molecule has 1 fully saturated rings. The molecule has 1 atom stereocenters. The van der Waals surface area contributed by atoms with Crippen molar-refractivity contribution in [1.82, 2.24) is 4.31 Å². The molecule has 1 aliphatic rings. The molecule has 2 rings (SSSR count). The Hall–Kier alpha value is -1.18. The number of nitrogens with zero attached hydrogens (tertiary/aromatic N) is 1. The van der Waals surface area contributed by atoms with E-state index in [-0.39, 0.29) is 29.8 Å². The molecule has 5 nitrogen and oxygen atoms in total. The van der Waals surface area contributed by atoms with Gasteiger partial charge in [-0.1, -0.05) is 6.92 Å². The number of rotatable bonds is 3. The zero-order chi connectivity index (χ0) is 14.9. The van der Waals surface area contributed by atoms with Crippen molar-refractivity contribution in [3.63, 3.8) is 0 Å². The molecule has 1 aromatic carbocycles. The highest BCUT2D eigenvalue weighted by Gasteiger charge is 2.32. The molecular weight excluding hydrogens is 283 g/mol. The molecular formula is C13H19FN2O3S. The second-order valence-corrected chi connectivity index (χ2v) is 6.81. The quantitative estimate of drug-likeness (QED) is 0.859. The van der Waals surface area contributed by atoms with Crippen molar-refractivity contribution in [2.24, 2.45) is 0 Å². The van der Waals surface area contributed by atoms with Crippen LogP contribution in [0.5, 0.6) is 0 Å². The largest absolute Gasteiger partial charge is 0.398 e. The Morgan fingerprint density at radius 1 is 1.50 bits per heavy atom. The van der Waals surface area contributed by atoms with Gasteiger partial charge >= 0.3 is 0 Å². The lowest BCUT2D eigenvalue weighted by molar-refractivity contribution is -0.00283. The van der Waals surface area contributed by atoms with Gasteiger partial charge in [0.1, 0.15) is 10.7 Å². The Balaban J connectivity index is 2.37. The summed E-state index contributed by atoms with van der Waals surface area (Å²) in [6, 6.07) is 2.34. The van der Waals surface area contributed by atoms with Crippen molar-refractivity contribution in [1.29, 1.82) is 0 Å². The van der Waals surface area contributed by atoms with Gasteiger partial charge in [-0.2, -0.15) is 4.31 Å². The van der Waals surface area contributed by atoms with Crippen LogP contribution in [0.1, 0.15) is 18.9 Å². The van der Waals surface area contributed by atoms with Crippen molar-refractivity contribution in [2.45, 2.75) is 31.3 Å². The van der Waals surface area contributed by atoms with Gasteiger partial charge in [0.15, 0.2) is 0 Å². The van der Waals surface area contributed by atoms with Crippen molar-refractivity contribution < 1.29 is 17.5 Å². The molecule has 1 unspecified atom stereocenters. The molecule has 1 heterocycles. The van der Waals surface area contributed by atoms with E-state index >= 15 is 0 Å². The average Bonchev–Trinajstić information content (AvgIpc) is 2.42. The van der Waals surface area contributed by atoms with E-state index in [1.54, 1.807) is 6.92 Å². The lowest BCUT2D eigenvalue weighted by Crippen LogP contribution is -2.45. The second-order valence-electron chi connectivity index (χ2n) is 4.90. The number of nitrogens with two attached hydrogens (primary N) is 1. The fourth-order valence-electron chi connectivity index (χ4n) is 2.16. The monoisotopic (exact) mass is 302 g/mol. The van der Waals surface area contributed by atoms with Crippen LogP contribution in [0.25, 0.3) is 0 Å². The van der Waals surface area contributed by atoms with Gasteiger partial charge in [-0.3, -0.25) is 0 Å². The van der Waals surface area contributed by atoms with Gasteiger partial charge in [0.2, 0.25) is 10.0 Å². The zero-order valence-corrected chi connectivity index (χ0v) is 12.4. The minimum Gasteiger partial charge on any atom is -0.398 e. The number of nitrogen functional groups attached to an aromatic ring is 1. The SMILES string of the molecule is CCC1CN(S(=O)(=O)c2cc(N)c(C)cc2F)CCO1. The standard InChI is InChI=1S/C13H19FN2O3S/c1-3-10-8-16(4-5-19-10)20(17,18)13-7-12(15)9(2)6-11(13)14/h6-7,10H,3-5,8,15H2,1-2H3. The maximum atomic E-state index is 14.0. The molecule has 0 bridgehead atoms. The number of hydrogen-bond acceptors (Lipinski definition) is 4. The summed E-state index contributed by atoms with van der Waals surface area (Å²) >= 11 is 0.